The largest absolute Gasteiger partial charge is 0.507 e. The predicted molar refractivity (Wildman–Crippen MR) is 111 cm³/mol. The number of nitrogens with zero attached hydrogens (tertiary/aromatic N) is 3. The summed E-state index contributed by atoms with van der Waals surface area (Å²) in [6.45, 7) is 6.28. The molecule has 2 aliphatic heterocycles. The second-order valence-electron chi connectivity index (χ2n) is 7.95. The summed E-state index contributed by atoms with van der Waals surface area (Å²) in [5.41, 5.74) is 1.68. The van der Waals surface area contributed by atoms with Gasteiger partial charge in [0.15, 0.2) is 0 Å². The van der Waals surface area contributed by atoms with E-state index >= 15 is 0 Å². The van der Waals surface area contributed by atoms with E-state index < -0.39 is 0 Å². The van der Waals surface area contributed by atoms with E-state index in [9.17, 15) is 9.90 Å². The Balaban J connectivity index is 1.56. The number of amides is 1. The molecule has 0 radical (unpaired) electrons. The van der Waals surface area contributed by atoms with E-state index in [0.717, 1.165) is 32.7 Å². The van der Waals surface area contributed by atoms with Gasteiger partial charge in [-0.25, -0.2) is 4.98 Å². The predicted octanol–water partition coefficient (Wildman–Crippen LogP) is 2.75. The maximum Gasteiger partial charge on any atom is 0.270 e. The fourth-order valence-electron chi connectivity index (χ4n) is 4.33. The van der Waals surface area contributed by atoms with Gasteiger partial charge in [0.25, 0.3) is 5.91 Å². The Morgan fingerprint density at radius 2 is 1.68 bits per heavy atom. The maximum absolute atomic E-state index is 13.0. The Hall–Kier alpha value is -2.18. The lowest BCUT2D eigenvalue weighted by Gasteiger charge is -2.27. The molecule has 1 amide bonds. The third-order valence-corrected chi connectivity index (χ3v) is 5.92. The Kier molecular flexibility index (Phi) is 6.07. The van der Waals surface area contributed by atoms with Crippen LogP contribution < -0.4 is 5.32 Å². The molecule has 0 spiro atoms. The molecule has 1 aromatic carbocycles. The van der Waals surface area contributed by atoms with Crippen LogP contribution in [0, 0.1) is 0 Å². The van der Waals surface area contributed by atoms with Crippen molar-refractivity contribution < 1.29 is 9.90 Å². The lowest BCUT2D eigenvalue weighted by atomic mass is 10.0. The van der Waals surface area contributed by atoms with Gasteiger partial charge in [-0.05, 0) is 64.0 Å². The lowest BCUT2D eigenvalue weighted by Crippen LogP contribution is -2.35. The molecular formula is C22H30N4O2. The smallest absolute Gasteiger partial charge is 0.270 e. The molecule has 0 saturated carbocycles. The third kappa shape index (κ3) is 4.28. The molecule has 0 unspecified atom stereocenters. The highest BCUT2D eigenvalue weighted by molar-refractivity contribution is 5.99. The van der Waals surface area contributed by atoms with Crippen LogP contribution in [-0.2, 0) is 6.54 Å². The Morgan fingerprint density at radius 3 is 2.46 bits per heavy atom. The summed E-state index contributed by atoms with van der Waals surface area (Å²) >= 11 is 0. The average Bonchev–Trinajstić information content (AvgIpc) is 3.24. The first kappa shape index (κ1) is 19.2. The first-order valence-corrected chi connectivity index (χ1v) is 10.6. The number of pyridine rings is 1. The number of likely N-dealkylation sites (tertiary alicyclic amines) is 2. The summed E-state index contributed by atoms with van der Waals surface area (Å²) < 4.78 is 0. The Morgan fingerprint density at radius 1 is 1.00 bits per heavy atom. The van der Waals surface area contributed by atoms with Crippen LogP contribution in [0.1, 0.15) is 48.2 Å². The van der Waals surface area contributed by atoms with Crippen LogP contribution in [0.3, 0.4) is 0 Å². The summed E-state index contributed by atoms with van der Waals surface area (Å²) in [6.07, 6.45) is 6.07. The molecule has 2 N–H and O–H groups in total. The summed E-state index contributed by atoms with van der Waals surface area (Å²) in [5, 5.41) is 14.7. The number of para-hydroxylation sites is 1. The first-order valence-electron chi connectivity index (χ1n) is 10.6. The monoisotopic (exact) mass is 382 g/mol. The van der Waals surface area contributed by atoms with Gasteiger partial charge in [-0.1, -0.05) is 18.6 Å². The van der Waals surface area contributed by atoms with Crippen molar-refractivity contribution >= 4 is 16.8 Å². The van der Waals surface area contributed by atoms with Gasteiger partial charge in [-0.15, -0.1) is 0 Å². The van der Waals surface area contributed by atoms with Gasteiger partial charge >= 0.3 is 0 Å². The van der Waals surface area contributed by atoms with Crippen molar-refractivity contribution in [2.24, 2.45) is 0 Å². The van der Waals surface area contributed by atoms with Crippen molar-refractivity contribution in [1.82, 2.24) is 20.1 Å². The average molecular weight is 383 g/mol. The number of aromatic nitrogens is 1. The highest BCUT2D eigenvalue weighted by Gasteiger charge is 2.23. The number of fused-ring (bicyclic) bond motifs is 1. The first-order chi connectivity index (χ1) is 13.7. The van der Waals surface area contributed by atoms with Crippen molar-refractivity contribution in [3.8, 4) is 5.75 Å². The standard InChI is InChI=1S/C22H30N4O2/c27-21-17-8-2-3-9-19(17)24-20(18(21)16-26-13-4-1-5-14-26)22(28)23-10-15-25-11-6-7-12-25/h2-3,8-9H,1,4-7,10-16H2,(H,23,28)(H,24,27). The second kappa shape index (κ2) is 8.88. The molecular weight excluding hydrogens is 352 g/mol. The Bertz CT molecular complexity index is 827. The molecule has 4 rings (SSSR count). The van der Waals surface area contributed by atoms with Gasteiger partial charge in [-0.3, -0.25) is 9.69 Å². The fraction of sp³-hybridized carbons (Fsp3) is 0.545. The van der Waals surface area contributed by atoms with Gasteiger partial charge in [0.2, 0.25) is 0 Å². The van der Waals surface area contributed by atoms with Crippen molar-refractivity contribution in [3.05, 3.63) is 35.5 Å². The van der Waals surface area contributed by atoms with E-state index in [1.54, 1.807) is 0 Å². The number of aromatic hydroxyl groups is 1. The van der Waals surface area contributed by atoms with E-state index in [2.05, 4.69) is 20.1 Å². The minimum absolute atomic E-state index is 0.188. The number of carbonyl (C=O) groups excluding carboxylic acids is 1. The van der Waals surface area contributed by atoms with Gasteiger partial charge in [0, 0.05) is 30.6 Å². The van der Waals surface area contributed by atoms with Crippen molar-refractivity contribution in [2.45, 2.75) is 38.6 Å². The van der Waals surface area contributed by atoms with Crippen LogP contribution in [0.2, 0.25) is 0 Å². The lowest BCUT2D eigenvalue weighted by molar-refractivity contribution is 0.0941. The molecule has 6 nitrogen and oxygen atoms in total. The zero-order valence-electron chi connectivity index (χ0n) is 16.5. The van der Waals surface area contributed by atoms with E-state index in [1.165, 1.54) is 32.1 Å². The quantitative estimate of drug-likeness (QED) is 0.804. The molecule has 0 aliphatic carbocycles. The molecule has 28 heavy (non-hydrogen) atoms. The van der Waals surface area contributed by atoms with Crippen LogP contribution in [0.25, 0.3) is 10.9 Å². The van der Waals surface area contributed by atoms with E-state index in [0.29, 0.717) is 35.2 Å². The van der Waals surface area contributed by atoms with Gasteiger partial charge < -0.3 is 15.3 Å². The Labute approximate surface area is 166 Å². The van der Waals surface area contributed by atoms with Crippen molar-refractivity contribution in [3.63, 3.8) is 0 Å². The van der Waals surface area contributed by atoms with Crippen LogP contribution in [-0.4, -0.2) is 65.1 Å². The van der Waals surface area contributed by atoms with Crippen molar-refractivity contribution in [2.75, 3.05) is 39.3 Å². The van der Waals surface area contributed by atoms with Crippen LogP contribution in [0.4, 0.5) is 0 Å². The molecule has 2 fully saturated rings. The number of rotatable bonds is 6. The number of nitrogens with one attached hydrogen (secondary N) is 1. The SMILES string of the molecule is O=C(NCCN1CCCC1)c1nc2ccccc2c(O)c1CN1CCCCC1. The molecule has 2 aliphatic rings. The minimum Gasteiger partial charge on any atom is -0.507 e. The molecule has 6 heteroatoms. The minimum atomic E-state index is -0.188. The van der Waals surface area contributed by atoms with Gasteiger partial charge in [0.05, 0.1) is 5.52 Å². The molecule has 2 aromatic rings. The van der Waals surface area contributed by atoms with E-state index in [-0.39, 0.29) is 11.7 Å². The number of piperidine rings is 1. The molecule has 0 atom stereocenters. The van der Waals surface area contributed by atoms with E-state index in [1.807, 2.05) is 24.3 Å². The molecule has 1 aromatic heterocycles. The molecule has 150 valence electrons. The molecule has 0 bridgehead atoms. The number of hydrogen-bond donors (Lipinski definition) is 2. The van der Waals surface area contributed by atoms with Crippen LogP contribution in [0.15, 0.2) is 24.3 Å². The zero-order valence-corrected chi connectivity index (χ0v) is 16.5. The van der Waals surface area contributed by atoms with Gasteiger partial charge in [-0.2, -0.15) is 0 Å². The highest BCUT2D eigenvalue weighted by Crippen LogP contribution is 2.31. The summed E-state index contributed by atoms with van der Waals surface area (Å²) in [5.74, 6) is 0.00752. The fourth-order valence-corrected chi connectivity index (χ4v) is 4.33. The maximum atomic E-state index is 13.0. The number of carbonyl (C=O) groups is 1. The molecule has 3 heterocycles. The second-order valence-corrected chi connectivity index (χ2v) is 7.95. The van der Waals surface area contributed by atoms with E-state index in [4.69, 9.17) is 0 Å². The number of benzene rings is 1. The third-order valence-electron chi connectivity index (χ3n) is 5.92. The summed E-state index contributed by atoms with van der Waals surface area (Å²) in [6, 6.07) is 7.49. The normalized spacial score (nSPS) is 18.6. The van der Waals surface area contributed by atoms with Gasteiger partial charge in [0.1, 0.15) is 11.4 Å². The zero-order chi connectivity index (χ0) is 19.3. The summed E-state index contributed by atoms with van der Waals surface area (Å²) in [7, 11) is 0. The highest BCUT2D eigenvalue weighted by atomic mass is 16.3. The molecule has 2 saturated heterocycles. The van der Waals surface area contributed by atoms with Crippen LogP contribution >= 0.6 is 0 Å². The number of hydrogen-bond acceptors (Lipinski definition) is 5. The van der Waals surface area contributed by atoms with Crippen molar-refractivity contribution in [1.29, 1.82) is 0 Å². The summed E-state index contributed by atoms with van der Waals surface area (Å²) in [4.78, 5) is 22.3. The van der Waals surface area contributed by atoms with Crippen LogP contribution in [0.5, 0.6) is 5.75 Å². The topological polar surface area (TPSA) is 68.7 Å².